The average Bonchev–Trinajstić information content (AvgIpc) is 3.90. The highest BCUT2D eigenvalue weighted by atomic mass is 16.5. The number of aromatic nitrogens is 5. The number of hydrogen-bond donors (Lipinski definition) is 5. The molecular formula is C41H44N12O7. The number of ether oxygens (including phenoxy) is 2. The molecule has 5 aromatic rings. The number of phenolic OH excluding ortho intramolecular Hbond substituents is 2. The van der Waals surface area contributed by atoms with E-state index in [1.807, 2.05) is 35.8 Å². The molecule has 3 aromatic carbocycles. The van der Waals surface area contributed by atoms with Gasteiger partial charge in [-0.1, -0.05) is 18.9 Å². The van der Waals surface area contributed by atoms with Crippen LogP contribution in [0.2, 0.25) is 0 Å². The molecule has 0 saturated carbocycles. The van der Waals surface area contributed by atoms with Gasteiger partial charge in [0.05, 0.1) is 37.1 Å². The van der Waals surface area contributed by atoms with Gasteiger partial charge in [0.2, 0.25) is 11.9 Å². The maximum atomic E-state index is 13.5. The minimum Gasteiger partial charge on any atom is -0.508 e. The summed E-state index contributed by atoms with van der Waals surface area (Å²) in [5.74, 6) is 1.36. The van der Waals surface area contributed by atoms with Gasteiger partial charge in [0.25, 0.3) is 11.8 Å². The summed E-state index contributed by atoms with van der Waals surface area (Å²) in [6, 6.07) is 13.0. The molecule has 0 unspecified atom stereocenters. The van der Waals surface area contributed by atoms with E-state index < -0.39 is 5.91 Å². The third-order valence-electron chi connectivity index (χ3n) is 10.6. The molecule has 1 saturated heterocycles. The van der Waals surface area contributed by atoms with E-state index in [-0.39, 0.29) is 46.7 Å². The fourth-order valence-corrected chi connectivity index (χ4v) is 7.43. The molecule has 3 aliphatic heterocycles. The van der Waals surface area contributed by atoms with E-state index in [9.17, 15) is 24.9 Å². The fourth-order valence-electron chi connectivity index (χ4n) is 7.43. The van der Waals surface area contributed by atoms with Crippen molar-refractivity contribution in [1.29, 1.82) is 0 Å². The Labute approximate surface area is 344 Å². The number of guanidine groups is 1. The zero-order valence-corrected chi connectivity index (χ0v) is 33.2. The molecule has 19 nitrogen and oxygen atoms in total. The number of nitrogen functional groups attached to an aromatic ring is 1. The van der Waals surface area contributed by atoms with Crippen molar-refractivity contribution >= 4 is 35.2 Å². The summed E-state index contributed by atoms with van der Waals surface area (Å²) in [6.07, 6.45) is 3.43. The van der Waals surface area contributed by atoms with Gasteiger partial charge in [0.15, 0.2) is 17.3 Å². The number of rotatable bonds is 11. The first-order valence-corrected chi connectivity index (χ1v) is 19.5. The highest BCUT2D eigenvalue weighted by molar-refractivity contribution is 6.20. The maximum Gasteiger partial charge on any atom is 0.319 e. The van der Waals surface area contributed by atoms with E-state index in [1.54, 1.807) is 37.4 Å². The number of phenols is 2. The molecule has 0 radical (unpaired) electrons. The van der Waals surface area contributed by atoms with Gasteiger partial charge in [-0.05, 0) is 60.4 Å². The molecule has 0 bridgehead atoms. The molecule has 0 atom stereocenters. The molecule has 1 fully saturated rings. The number of anilines is 1. The summed E-state index contributed by atoms with van der Waals surface area (Å²) in [5, 5.41) is 42.3. The number of hydrogen-bond acceptors (Lipinski definition) is 16. The SMILES string of the molecule is COc1c(OCCCN2CCN(C(=O)c3ccc(-n4c(O)nnc4-c4cc(C(C)C)c(O)cc4O)cc3)CC2)ccc2c1N=C(NC(=O)c1cnc(N)nc1)N1CCN=C21. The van der Waals surface area contributed by atoms with Crippen LogP contribution in [-0.2, 0) is 0 Å². The van der Waals surface area contributed by atoms with Crippen molar-refractivity contribution in [2.45, 2.75) is 26.2 Å². The van der Waals surface area contributed by atoms with Crippen molar-refractivity contribution in [3.8, 4) is 46.1 Å². The van der Waals surface area contributed by atoms with Crippen LogP contribution in [-0.4, -0.2) is 138 Å². The van der Waals surface area contributed by atoms with E-state index in [0.29, 0.717) is 97.2 Å². The van der Waals surface area contributed by atoms with E-state index in [1.165, 1.54) is 23.0 Å². The summed E-state index contributed by atoms with van der Waals surface area (Å²) < 4.78 is 13.4. The topological polar surface area (TPSA) is 242 Å². The number of carbonyl (C=O) groups is 2. The minimum atomic E-state index is -0.440. The van der Waals surface area contributed by atoms with Crippen LogP contribution in [0.1, 0.15) is 58.0 Å². The second-order valence-electron chi connectivity index (χ2n) is 14.7. The van der Waals surface area contributed by atoms with Gasteiger partial charge in [-0.3, -0.25) is 29.7 Å². The van der Waals surface area contributed by atoms with Crippen molar-refractivity contribution in [2.24, 2.45) is 9.98 Å². The van der Waals surface area contributed by atoms with Gasteiger partial charge in [-0.25, -0.2) is 19.5 Å². The van der Waals surface area contributed by atoms with Gasteiger partial charge in [-0.2, -0.15) is 0 Å². The third kappa shape index (κ3) is 7.69. The number of aliphatic imine (C=N–C) groups is 2. The molecular weight excluding hydrogens is 773 g/mol. The number of benzene rings is 3. The Balaban J connectivity index is 0.858. The molecule has 5 heterocycles. The van der Waals surface area contributed by atoms with Crippen LogP contribution in [0.25, 0.3) is 17.1 Å². The Hall–Kier alpha value is -7.28. The van der Waals surface area contributed by atoms with Crippen LogP contribution < -0.4 is 20.5 Å². The maximum absolute atomic E-state index is 13.5. The zero-order valence-electron chi connectivity index (χ0n) is 33.2. The summed E-state index contributed by atoms with van der Waals surface area (Å²) in [6.45, 7) is 8.60. The van der Waals surface area contributed by atoms with E-state index in [2.05, 4.69) is 35.4 Å². The molecule has 2 amide bonds. The number of nitrogens with two attached hydrogens (primary N) is 1. The van der Waals surface area contributed by atoms with Crippen LogP contribution in [0.3, 0.4) is 0 Å². The smallest absolute Gasteiger partial charge is 0.319 e. The molecule has 19 heteroatoms. The first kappa shape index (κ1) is 39.5. The molecule has 310 valence electrons. The second-order valence-corrected chi connectivity index (χ2v) is 14.7. The molecule has 0 spiro atoms. The van der Waals surface area contributed by atoms with Crippen LogP contribution in [0.4, 0.5) is 11.6 Å². The monoisotopic (exact) mass is 816 g/mol. The lowest BCUT2D eigenvalue weighted by Gasteiger charge is -2.34. The fraction of sp³-hybridized carbons (Fsp3) is 0.317. The Kier molecular flexibility index (Phi) is 10.9. The number of amidine groups is 1. The number of nitrogens with zero attached hydrogens (tertiary/aromatic N) is 10. The number of fused-ring (bicyclic) bond motifs is 3. The Morgan fingerprint density at radius 3 is 2.37 bits per heavy atom. The number of piperazine rings is 1. The number of methoxy groups -OCH3 is 1. The number of amides is 2. The van der Waals surface area contributed by atoms with Gasteiger partial charge in [0.1, 0.15) is 23.0 Å². The second kappa shape index (κ2) is 16.5. The number of nitrogens with one attached hydrogen (secondary N) is 1. The van der Waals surface area contributed by atoms with Gasteiger partial charge >= 0.3 is 6.01 Å². The van der Waals surface area contributed by atoms with E-state index in [0.717, 1.165) is 18.5 Å². The summed E-state index contributed by atoms with van der Waals surface area (Å²) in [5.41, 5.74) is 8.97. The van der Waals surface area contributed by atoms with Crippen molar-refractivity contribution in [2.75, 3.05) is 65.3 Å². The Bertz CT molecular complexity index is 2490. The van der Waals surface area contributed by atoms with Crippen molar-refractivity contribution < 1.29 is 34.4 Å². The van der Waals surface area contributed by atoms with Gasteiger partial charge in [0, 0.05) is 68.9 Å². The molecule has 60 heavy (non-hydrogen) atoms. The van der Waals surface area contributed by atoms with Crippen LogP contribution >= 0.6 is 0 Å². The lowest BCUT2D eigenvalue weighted by molar-refractivity contribution is 0.0630. The number of carbonyl (C=O) groups excluding carboxylic acids is 2. The average molecular weight is 817 g/mol. The molecule has 6 N–H and O–H groups in total. The van der Waals surface area contributed by atoms with Gasteiger partial charge in [-0.15, -0.1) is 5.10 Å². The predicted molar refractivity (Wildman–Crippen MR) is 220 cm³/mol. The highest BCUT2D eigenvalue weighted by Gasteiger charge is 2.34. The lowest BCUT2D eigenvalue weighted by atomic mass is 9.98. The molecule has 0 aliphatic carbocycles. The third-order valence-corrected chi connectivity index (χ3v) is 10.6. The first-order chi connectivity index (χ1) is 29.0. The quantitative estimate of drug-likeness (QED) is 0.120. The Morgan fingerprint density at radius 1 is 0.900 bits per heavy atom. The highest BCUT2D eigenvalue weighted by Crippen LogP contribution is 2.43. The van der Waals surface area contributed by atoms with Crippen molar-refractivity contribution in [1.82, 2.24) is 44.7 Å². The largest absolute Gasteiger partial charge is 0.508 e. The van der Waals surface area contributed by atoms with E-state index in [4.69, 9.17) is 20.2 Å². The molecule has 2 aromatic heterocycles. The van der Waals surface area contributed by atoms with E-state index >= 15 is 0 Å². The minimum absolute atomic E-state index is 0.0315. The van der Waals surface area contributed by atoms with Crippen LogP contribution in [0.15, 0.2) is 70.9 Å². The number of aromatic hydroxyl groups is 3. The summed E-state index contributed by atoms with van der Waals surface area (Å²) in [4.78, 5) is 49.8. The first-order valence-electron chi connectivity index (χ1n) is 19.5. The predicted octanol–water partition coefficient (Wildman–Crippen LogP) is 3.28. The van der Waals surface area contributed by atoms with Gasteiger partial charge < -0.3 is 35.4 Å². The standard InChI is InChI=1S/C41H44N12O7/c1-23(2)28-19-29(31(55)20-30(28)54)36-48-49-41(58)53(36)26-7-5-24(6-8-26)38(57)51-16-14-50(15-17-51)12-4-18-60-32-10-9-27-33(34(32)59-3)46-40(52-13-11-43-35(27)52)47-37(56)25-21-44-39(42)45-22-25/h5-10,19-23,54-55H,4,11-18H2,1-3H3,(H,49,58)(H2,42,44,45)(H,46,47,56). The van der Waals surface area contributed by atoms with Crippen molar-refractivity contribution in [3.63, 3.8) is 0 Å². The molecule has 8 rings (SSSR count). The summed E-state index contributed by atoms with van der Waals surface area (Å²) >= 11 is 0. The Morgan fingerprint density at radius 2 is 1.65 bits per heavy atom. The lowest BCUT2D eigenvalue weighted by Crippen LogP contribution is -2.49. The van der Waals surface area contributed by atoms with Crippen LogP contribution in [0, 0.1) is 0 Å². The normalized spacial score (nSPS) is 15.0. The van der Waals surface area contributed by atoms with Crippen LogP contribution in [0.5, 0.6) is 29.0 Å². The summed E-state index contributed by atoms with van der Waals surface area (Å²) in [7, 11) is 1.55. The zero-order chi connectivity index (χ0) is 42.1. The molecule has 3 aliphatic rings. The van der Waals surface area contributed by atoms with Crippen molar-refractivity contribution in [3.05, 3.63) is 83.2 Å².